The minimum atomic E-state index is -0.320. The second-order valence-electron chi connectivity index (χ2n) is 5.88. The summed E-state index contributed by atoms with van der Waals surface area (Å²) in [5, 5.41) is 5.58. The Balaban J connectivity index is 1.52. The summed E-state index contributed by atoms with van der Waals surface area (Å²) in [5.74, 6) is 0.0524. The molecule has 1 atom stereocenters. The molecule has 0 spiro atoms. The van der Waals surface area contributed by atoms with E-state index in [1.54, 1.807) is 29.2 Å². The summed E-state index contributed by atoms with van der Waals surface area (Å²) in [6.07, 6.45) is 0.321. The van der Waals surface area contributed by atoms with E-state index < -0.39 is 0 Å². The Labute approximate surface area is 140 Å². The number of hydrogen-bond acceptors (Lipinski definition) is 3. The van der Waals surface area contributed by atoms with Crippen molar-refractivity contribution in [2.24, 2.45) is 0 Å². The van der Waals surface area contributed by atoms with Crippen molar-refractivity contribution in [3.63, 3.8) is 0 Å². The Morgan fingerprint density at radius 1 is 1.12 bits per heavy atom. The first kappa shape index (κ1) is 15.9. The van der Waals surface area contributed by atoms with Gasteiger partial charge in [0.15, 0.2) is 0 Å². The fourth-order valence-electron chi connectivity index (χ4n) is 2.74. The molecule has 1 saturated heterocycles. The van der Waals surface area contributed by atoms with Crippen molar-refractivity contribution in [3.05, 3.63) is 60.2 Å². The number of urea groups is 1. The van der Waals surface area contributed by atoms with Gasteiger partial charge < -0.3 is 21.3 Å². The molecule has 1 unspecified atom stereocenters. The second-order valence-corrected chi connectivity index (χ2v) is 5.88. The van der Waals surface area contributed by atoms with E-state index in [0.717, 1.165) is 5.56 Å². The zero-order chi connectivity index (χ0) is 16.9. The fourth-order valence-corrected chi connectivity index (χ4v) is 2.74. The molecule has 6 heteroatoms. The first-order chi connectivity index (χ1) is 11.6. The third-order valence-corrected chi connectivity index (χ3v) is 3.93. The molecule has 2 aromatic carbocycles. The molecule has 1 aliphatic rings. The number of nitrogens with zero attached hydrogens (tertiary/aromatic N) is 1. The largest absolute Gasteiger partial charge is 0.399 e. The summed E-state index contributed by atoms with van der Waals surface area (Å²) in [6, 6.07) is 16.2. The van der Waals surface area contributed by atoms with E-state index in [1.807, 2.05) is 30.3 Å². The third kappa shape index (κ3) is 4.04. The monoisotopic (exact) mass is 324 g/mol. The number of rotatable bonds is 4. The van der Waals surface area contributed by atoms with E-state index in [4.69, 9.17) is 5.73 Å². The Hall–Kier alpha value is -3.02. The van der Waals surface area contributed by atoms with E-state index >= 15 is 0 Å². The van der Waals surface area contributed by atoms with Gasteiger partial charge in [0.1, 0.15) is 0 Å². The summed E-state index contributed by atoms with van der Waals surface area (Å²) < 4.78 is 0. The highest BCUT2D eigenvalue weighted by Crippen LogP contribution is 2.16. The minimum absolute atomic E-state index is 0.0524. The third-order valence-electron chi connectivity index (χ3n) is 3.93. The van der Waals surface area contributed by atoms with E-state index in [9.17, 15) is 9.59 Å². The predicted octanol–water partition coefficient (Wildman–Crippen LogP) is 2.19. The highest BCUT2D eigenvalue weighted by molar-refractivity contribution is 5.90. The molecule has 0 radical (unpaired) electrons. The Morgan fingerprint density at radius 3 is 2.54 bits per heavy atom. The number of likely N-dealkylation sites (tertiary alicyclic amines) is 1. The lowest BCUT2D eigenvalue weighted by Crippen LogP contribution is -2.39. The Bertz CT molecular complexity index is 716. The summed E-state index contributed by atoms with van der Waals surface area (Å²) in [7, 11) is 0. The second kappa shape index (κ2) is 7.04. The van der Waals surface area contributed by atoms with Crippen LogP contribution < -0.4 is 16.4 Å². The van der Waals surface area contributed by atoms with Crippen LogP contribution in [0.5, 0.6) is 0 Å². The topological polar surface area (TPSA) is 87.5 Å². The Kier molecular flexibility index (Phi) is 4.65. The van der Waals surface area contributed by atoms with Crippen LogP contribution in [0.4, 0.5) is 16.2 Å². The quantitative estimate of drug-likeness (QED) is 0.753. The normalized spacial score (nSPS) is 16.9. The number of nitrogen functional groups attached to an aromatic ring is 1. The molecule has 1 fully saturated rings. The van der Waals surface area contributed by atoms with Crippen LogP contribution in [0, 0.1) is 0 Å². The van der Waals surface area contributed by atoms with Crippen molar-refractivity contribution in [2.45, 2.75) is 19.0 Å². The molecule has 0 aromatic heterocycles. The van der Waals surface area contributed by atoms with Crippen LogP contribution in [0.25, 0.3) is 0 Å². The van der Waals surface area contributed by atoms with Gasteiger partial charge in [-0.25, -0.2) is 4.79 Å². The lowest BCUT2D eigenvalue weighted by atomic mass is 10.2. The van der Waals surface area contributed by atoms with Crippen LogP contribution >= 0.6 is 0 Å². The molecule has 2 aromatic rings. The summed E-state index contributed by atoms with van der Waals surface area (Å²) >= 11 is 0. The molecule has 0 aliphatic carbocycles. The van der Waals surface area contributed by atoms with Crippen molar-refractivity contribution >= 4 is 23.3 Å². The van der Waals surface area contributed by atoms with Gasteiger partial charge in [-0.3, -0.25) is 4.79 Å². The van der Waals surface area contributed by atoms with E-state index in [2.05, 4.69) is 10.6 Å². The van der Waals surface area contributed by atoms with E-state index in [0.29, 0.717) is 30.9 Å². The first-order valence-electron chi connectivity index (χ1n) is 7.85. The summed E-state index contributed by atoms with van der Waals surface area (Å²) in [4.78, 5) is 25.9. The molecule has 6 nitrogen and oxygen atoms in total. The minimum Gasteiger partial charge on any atom is -0.399 e. The molecule has 0 saturated carbocycles. The first-order valence-corrected chi connectivity index (χ1v) is 7.85. The van der Waals surface area contributed by atoms with Crippen LogP contribution in [0.1, 0.15) is 12.0 Å². The maximum atomic E-state index is 12.1. The van der Waals surface area contributed by atoms with Crippen molar-refractivity contribution < 1.29 is 9.59 Å². The lowest BCUT2D eigenvalue weighted by molar-refractivity contribution is -0.128. The highest BCUT2D eigenvalue weighted by atomic mass is 16.2. The molecular weight excluding hydrogens is 304 g/mol. The molecule has 4 N–H and O–H groups in total. The maximum absolute atomic E-state index is 12.1. The number of carbonyl (C=O) groups is 2. The molecule has 24 heavy (non-hydrogen) atoms. The zero-order valence-electron chi connectivity index (χ0n) is 13.2. The summed E-state index contributed by atoms with van der Waals surface area (Å²) in [6.45, 7) is 1.08. The average Bonchev–Trinajstić information content (AvgIpc) is 2.90. The Morgan fingerprint density at radius 2 is 1.83 bits per heavy atom. The number of nitrogens with two attached hydrogens (primary N) is 1. The standard InChI is InChI=1S/C18H20N4O2/c19-14-6-8-15(9-7-14)20-18(24)21-16-10-17(23)22(12-16)11-13-4-2-1-3-5-13/h1-9,16H,10-12,19H2,(H2,20,21,24). The molecule has 1 aliphatic heterocycles. The van der Waals surface area contributed by atoms with Crippen LogP contribution in [0.15, 0.2) is 54.6 Å². The van der Waals surface area contributed by atoms with Gasteiger partial charge in [0, 0.05) is 30.9 Å². The number of anilines is 2. The molecule has 3 amide bonds. The van der Waals surface area contributed by atoms with Gasteiger partial charge in [-0.2, -0.15) is 0 Å². The van der Waals surface area contributed by atoms with Crippen LogP contribution in [0.2, 0.25) is 0 Å². The number of nitrogens with one attached hydrogen (secondary N) is 2. The smallest absolute Gasteiger partial charge is 0.319 e. The predicted molar refractivity (Wildman–Crippen MR) is 93.3 cm³/mol. The van der Waals surface area contributed by atoms with Crippen molar-refractivity contribution in [2.75, 3.05) is 17.6 Å². The van der Waals surface area contributed by atoms with Crippen LogP contribution in [0.3, 0.4) is 0 Å². The number of benzene rings is 2. The van der Waals surface area contributed by atoms with Gasteiger partial charge in [-0.05, 0) is 29.8 Å². The van der Waals surface area contributed by atoms with Crippen LogP contribution in [-0.4, -0.2) is 29.4 Å². The van der Waals surface area contributed by atoms with Gasteiger partial charge in [0.25, 0.3) is 0 Å². The van der Waals surface area contributed by atoms with Gasteiger partial charge >= 0.3 is 6.03 Å². The van der Waals surface area contributed by atoms with Crippen molar-refractivity contribution in [1.29, 1.82) is 0 Å². The molecule has 1 heterocycles. The van der Waals surface area contributed by atoms with E-state index in [-0.39, 0.29) is 18.0 Å². The van der Waals surface area contributed by atoms with Gasteiger partial charge in [0.2, 0.25) is 5.91 Å². The van der Waals surface area contributed by atoms with E-state index in [1.165, 1.54) is 0 Å². The van der Waals surface area contributed by atoms with Crippen molar-refractivity contribution in [3.8, 4) is 0 Å². The highest BCUT2D eigenvalue weighted by Gasteiger charge is 2.30. The SMILES string of the molecule is Nc1ccc(NC(=O)NC2CC(=O)N(Cc3ccccc3)C2)cc1. The zero-order valence-corrected chi connectivity index (χ0v) is 13.2. The fraction of sp³-hybridized carbons (Fsp3) is 0.222. The van der Waals surface area contributed by atoms with Crippen molar-refractivity contribution in [1.82, 2.24) is 10.2 Å². The molecular formula is C18H20N4O2. The maximum Gasteiger partial charge on any atom is 0.319 e. The van der Waals surface area contributed by atoms with Gasteiger partial charge in [-0.1, -0.05) is 30.3 Å². The van der Waals surface area contributed by atoms with Gasteiger partial charge in [-0.15, -0.1) is 0 Å². The van der Waals surface area contributed by atoms with Gasteiger partial charge in [0.05, 0.1) is 6.04 Å². The number of carbonyl (C=O) groups excluding carboxylic acids is 2. The lowest BCUT2D eigenvalue weighted by Gasteiger charge is -2.17. The number of amides is 3. The van der Waals surface area contributed by atoms with Crippen LogP contribution in [-0.2, 0) is 11.3 Å². The molecule has 124 valence electrons. The average molecular weight is 324 g/mol. The summed E-state index contributed by atoms with van der Waals surface area (Å²) in [5.41, 5.74) is 7.99. The number of hydrogen-bond donors (Lipinski definition) is 3. The molecule has 3 rings (SSSR count). The molecule has 0 bridgehead atoms.